The topological polar surface area (TPSA) is 58.1 Å². The number of aromatic nitrogens is 2. The summed E-state index contributed by atoms with van der Waals surface area (Å²) < 4.78 is 0. The summed E-state index contributed by atoms with van der Waals surface area (Å²) in [5, 5.41) is 4.86. The Bertz CT molecular complexity index is 577. The number of hydrogen-bond donors (Lipinski definition) is 1. The highest BCUT2D eigenvalue weighted by atomic mass is 32.1. The van der Waals surface area contributed by atoms with Gasteiger partial charge in [-0.3, -0.25) is 4.79 Å². The summed E-state index contributed by atoms with van der Waals surface area (Å²) in [5.74, 6) is 0.608. The van der Waals surface area contributed by atoms with Gasteiger partial charge in [0, 0.05) is 25.4 Å². The first-order valence-electron chi connectivity index (χ1n) is 6.38. The van der Waals surface area contributed by atoms with Crippen molar-refractivity contribution in [3.05, 3.63) is 34.3 Å². The fourth-order valence-corrected chi connectivity index (χ4v) is 2.64. The molecule has 0 unspecified atom stereocenters. The van der Waals surface area contributed by atoms with E-state index >= 15 is 0 Å². The molecule has 2 aromatic rings. The molecule has 0 saturated carbocycles. The van der Waals surface area contributed by atoms with Crippen LogP contribution in [-0.4, -0.2) is 30.0 Å². The molecule has 0 atom stereocenters. The van der Waals surface area contributed by atoms with Crippen LogP contribution in [0.2, 0.25) is 0 Å². The Morgan fingerprint density at radius 3 is 2.60 bits per heavy atom. The fraction of sp³-hybridized carbons (Fsp3) is 0.357. The van der Waals surface area contributed by atoms with Crippen molar-refractivity contribution in [2.75, 3.05) is 24.3 Å². The molecule has 0 aliphatic heterocycles. The molecule has 2 rings (SSSR count). The van der Waals surface area contributed by atoms with E-state index in [1.807, 2.05) is 19.0 Å². The minimum absolute atomic E-state index is 0.0148. The zero-order valence-electron chi connectivity index (χ0n) is 11.9. The number of rotatable bonds is 5. The number of anilines is 2. The molecule has 1 amide bonds. The van der Waals surface area contributed by atoms with E-state index in [1.54, 1.807) is 23.7 Å². The minimum atomic E-state index is -0.0148. The molecule has 6 heteroatoms. The first-order valence-corrected chi connectivity index (χ1v) is 7.26. The lowest BCUT2D eigenvalue weighted by atomic mass is 10.2. The van der Waals surface area contributed by atoms with Crippen molar-refractivity contribution in [1.82, 2.24) is 9.97 Å². The molecule has 0 bridgehead atoms. The van der Waals surface area contributed by atoms with Crippen LogP contribution < -0.4 is 10.2 Å². The number of nitrogens with one attached hydrogen (secondary N) is 1. The van der Waals surface area contributed by atoms with Gasteiger partial charge in [-0.25, -0.2) is 9.97 Å². The molecule has 0 aliphatic carbocycles. The van der Waals surface area contributed by atoms with Crippen molar-refractivity contribution in [2.45, 2.75) is 19.8 Å². The standard InChI is InChI=1S/C14H18N4OS/c1-10-6-7-20-12(10)4-5-13(19)17-11-8-15-14(16-9-11)18(2)3/h6-9H,4-5H2,1-3H3,(H,17,19). The summed E-state index contributed by atoms with van der Waals surface area (Å²) in [4.78, 5) is 23.3. The van der Waals surface area contributed by atoms with Crippen molar-refractivity contribution in [3.8, 4) is 0 Å². The van der Waals surface area contributed by atoms with Gasteiger partial charge in [-0.2, -0.15) is 0 Å². The van der Waals surface area contributed by atoms with E-state index in [0.717, 1.165) is 6.42 Å². The van der Waals surface area contributed by atoms with E-state index in [0.29, 0.717) is 18.1 Å². The van der Waals surface area contributed by atoms with Gasteiger partial charge in [0.2, 0.25) is 11.9 Å². The predicted octanol–water partition coefficient (Wildman–Crippen LogP) is 2.48. The SMILES string of the molecule is Cc1ccsc1CCC(=O)Nc1cnc(N(C)C)nc1. The van der Waals surface area contributed by atoms with E-state index in [9.17, 15) is 4.79 Å². The molecular formula is C14H18N4OS. The average molecular weight is 290 g/mol. The van der Waals surface area contributed by atoms with Crippen LogP contribution in [0.5, 0.6) is 0 Å². The van der Waals surface area contributed by atoms with E-state index in [2.05, 4.69) is 33.7 Å². The lowest BCUT2D eigenvalue weighted by Gasteiger charge is -2.10. The summed E-state index contributed by atoms with van der Waals surface area (Å²) >= 11 is 1.69. The van der Waals surface area contributed by atoms with Gasteiger partial charge in [0.15, 0.2) is 0 Å². The fourth-order valence-electron chi connectivity index (χ4n) is 1.73. The Morgan fingerprint density at radius 2 is 2.05 bits per heavy atom. The zero-order valence-corrected chi connectivity index (χ0v) is 12.7. The first-order chi connectivity index (χ1) is 9.56. The van der Waals surface area contributed by atoms with Gasteiger partial charge in [0.1, 0.15) is 0 Å². The highest BCUT2D eigenvalue weighted by Crippen LogP contribution is 2.17. The molecule has 2 heterocycles. The maximum absolute atomic E-state index is 11.9. The van der Waals surface area contributed by atoms with Gasteiger partial charge in [0.05, 0.1) is 18.1 Å². The molecular weight excluding hydrogens is 272 g/mol. The number of aryl methyl sites for hydroxylation is 2. The van der Waals surface area contributed by atoms with Crippen LogP contribution in [0.3, 0.4) is 0 Å². The normalized spacial score (nSPS) is 10.3. The summed E-state index contributed by atoms with van der Waals surface area (Å²) in [6.07, 6.45) is 4.48. The van der Waals surface area contributed by atoms with Crippen LogP contribution in [-0.2, 0) is 11.2 Å². The zero-order chi connectivity index (χ0) is 14.5. The number of carbonyl (C=O) groups excluding carboxylic acids is 1. The molecule has 0 aliphatic rings. The molecule has 1 N–H and O–H groups in total. The van der Waals surface area contributed by atoms with Gasteiger partial charge in [-0.15, -0.1) is 11.3 Å². The number of nitrogens with zero attached hydrogens (tertiary/aromatic N) is 3. The Hall–Kier alpha value is -1.95. The predicted molar refractivity (Wildman–Crippen MR) is 82.4 cm³/mol. The van der Waals surface area contributed by atoms with Crippen molar-refractivity contribution in [3.63, 3.8) is 0 Å². The van der Waals surface area contributed by atoms with Crippen LogP contribution in [0.4, 0.5) is 11.6 Å². The van der Waals surface area contributed by atoms with E-state index in [4.69, 9.17) is 0 Å². The first kappa shape index (κ1) is 14.5. The number of thiophene rings is 1. The molecule has 20 heavy (non-hydrogen) atoms. The highest BCUT2D eigenvalue weighted by molar-refractivity contribution is 7.10. The Labute approximate surface area is 122 Å². The smallest absolute Gasteiger partial charge is 0.224 e. The van der Waals surface area contributed by atoms with Crippen molar-refractivity contribution in [1.29, 1.82) is 0 Å². The summed E-state index contributed by atoms with van der Waals surface area (Å²) in [7, 11) is 3.74. The van der Waals surface area contributed by atoms with Crippen LogP contribution in [0.15, 0.2) is 23.8 Å². The van der Waals surface area contributed by atoms with E-state index < -0.39 is 0 Å². The third-order valence-electron chi connectivity index (χ3n) is 2.87. The summed E-state index contributed by atoms with van der Waals surface area (Å²) in [6, 6.07) is 2.08. The van der Waals surface area contributed by atoms with Gasteiger partial charge < -0.3 is 10.2 Å². The maximum Gasteiger partial charge on any atom is 0.224 e. The van der Waals surface area contributed by atoms with Gasteiger partial charge >= 0.3 is 0 Å². The largest absolute Gasteiger partial charge is 0.347 e. The summed E-state index contributed by atoms with van der Waals surface area (Å²) in [5.41, 5.74) is 1.88. The minimum Gasteiger partial charge on any atom is -0.347 e. The lowest BCUT2D eigenvalue weighted by Crippen LogP contribution is -2.15. The second-order valence-electron chi connectivity index (χ2n) is 4.74. The Morgan fingerprint density at radius 1 is 1.35 bits per heavy atom. The lowest BCUT2D eigenvalue weighted by molar-refractivity contribution is -0.116. The molecule has 5 nitrogen and oxygen atoms in total. The molecule has 106 valence electrons. The monoisotopic (exact) mass is 290 g/mol. The van der Waals surface area contributed by atoms with Crippen molar-refractivity contribution in [2.24, 2.45) is 0 Å². The third kappa shape index (κ3) is 3.77. The van der Waals surface area contributed by atoms with Crippen LogP contribution in [0.25, 0.3) is 0 Å². The second-order valence-corrected chi connectivity index (χ2v) is 5.74. The molecule has 0 fully saturated rings. The van der Waals surface area contributed by atoms with Gasteiger partial charge in [-0.05, 0) is 30.4 Å². The van der Waals surface area contributed by atoms with Gasteiger partial charge in [0.25, 0.3) is 0 Å². The third-order valence-corrected chi connectivity index (χ3v) is 3.95. The number of amides is 1. The maximum atomic E-state index is 11.9. The molecule has 0 radical (unpaired) electrons. The van der Waals surface area contributed by atoms with Crippen LogP contribution >= 0.6 is 11.3 Å². The van der Waals surface area contributed by atoms with Crippen LogP contribution in [0.1, 0.15) is 16.9 Å². The second kappa shape index (κ2) is 6.47. The molecule has 0 spiro atoms. The Kier molecular flexibility index (Phi) is 4.68. The van der Waals surface area contributed by atoms with Crippen molar-refractivity contribution < 1.29 is 4.79 Å². The quantitative estimate of drug-likeness (QED) is 0.919. The molecule has 0 saturated heterocycles. The molecule has 0 aromatic carbocycles. The average Bonchev–Trinajstić information content (AvgIpc) is 2.82. The van der Waals surface area contributed by atoms with Crippen LogP contribution in [0, 0.1) is 6.92 Å². The van der Waals surface area contributed by atoms with E-state index in [1.165, 1.54) is 10.4 Å². The summed E-state index contributed by atoms with van der Waals surface area (Å²) in [6.45, 7) is 2.07. The highest BCUT2D eigenvalue weighted by Gasteiger charge is 2.07. The van der Waals surface area contributed by atoms with E-state index in [-0.39, 0.29) is 5.91 Å². The number of hydrogen-bond acceptors (Lipinski definition) is 5. The molecule has 2 aromatic heterocycles. The van der Waals surface area contributed by atoms with Gasteiger partial charge in [-0.1, -0.05) is 0 Å². The Balaban J connectivity index is 1.86. The number of carbonyl (C=O) groups is 1. The van der Waals surface area contributed by atoms with Crippen molar-refractivity contribution >= 4 is 28.9 Å².